The fourth-order valence-corrected chi connectivity index (χ4v) is 3.68. The second-order valence-electron chi connectivity index (χ2n) is 7.88. The monoisotopic (exact) mass is 500 g/mol. The third-order valence-electron chi connectivity index (χ3n) is 5.24. The fourth-order valence-electron chi connectivity index (χ4n) is 3.36. The van der Waals surface area contributed by atoms with Gasteiger partial charge >= 0.3 is 0 Å². The van der Waals surface area contributed by atoms with Gasteiger partial charge in [0.15, 0.2) is 0 Å². The van der Waals surface area contributed by atoms with E-state index in [9.17, 15) is 9.59 Å². The Morgan fingerprint density at radius 3 is 2.50 bits per heavy atom. The van der Waals surface area contributed by atoms with E-state index in [1.807, 2.05) is 13.0 Å². The van der Waals surface area contributed by atoms with Crippen LogP contribution in [0.25, 0.3) is 0 Å². The van der Waals surface area contributed by atoms with Crippen LogP contribution in [0.4, 0.5) is 5.82 Å². The molecule has 1 aromatic carbocycles. The van der Waals surface area contributed by atoms with Crippen molar-refractivity contribution in [3.63, 3.8) is 0 Å². The predicted molar refractivity (Wildman–Crippen MR) is 133 cm³/mol. The molecule has 178 valence electrons. The van der Waals surface area contributed by atoms with E-state index in [4.69, 9.17) is 34.7 Å². The van der Waals surface area contributed by atoms with Gasteiger partial charge in [0.05, 0.1) is 16.1 Å². The molecule has 3 aromatic rings. The zero-order valence-electron chi connectivity index (χ0n) is 18.6. The van der Waals surface area contributed by atoms with Crippen molar-refractivity contribution in [3.8, 4) is 0 Å². The number of halogens is 2. The molecule has 34 heavy (non-hydrogen) atoms. The van der Waals surface area contributed by atoms with Gasteiger partial charge < -0.3 is 22.1 Å². The van der Waals surface area contributed by atoms with Crippen molar-refractivity contribution in [2.75, 3.05) is 5.73 Å². The Labute approximate surface area is 208 Å². The van der Waals surface area contributed by atoms with E-state index in [0.717, 1.165) is 16.7 Å². The molecule has 0 aliphatic carbocycles. The van der Waals surface area contributed by atoms with Crippen LogP contribution in [0.2, 0.25) is 10.0 Å². The number of aromatic nitrogens is 2. The van der Waals surface area contributed by atoms with Gasteiger partial charge in [-0.2, -0.15) is 0 Å². The zero-order valence-corrected chi connectivity index (χ0v) is 20.1. The number of anilines is 1. The first-order valence-electron chi connectivity index (χ1n) is 10.6. The van der Waals surface area contributed by atoms with Gasteiger partial charge in [0.1, 0.15) is 11.9 Å². The van der Waals surface area contributed by atoms with E-state index in [0.29, 0.717) is 21.6 Å². The van der Waals surface area contributed by atoms with Crippen LogP contribution in [-0.4, -0.2) is 33.9 Å². The number of carbonyl (C=O) groups excluding carboxylic acids is 2. The first-order valence-corrected chi connectivity index (χ1v) is 11.4. The number of nitrogens with zero attached hydrogens (tertiary/aromatic N) is 2. The van der Waals surface area contributed by atoms with Crippen molar-refractivity contribution in [1.29, 1.82) is 0 Å². The molecule has 0 unspecified atom stereocenters. The molecule has 0 fully saturated rings. The summed E-state index contributed by atoms with van der Waals surface area (Å²) < 4.78 is 0. The third kappa shape index (κ3) is 7.15. The molecule has 3 rings (SSSR count). The summed E-state index contributed by atoms with van der Waals surface area (Å²) in [6.07, 6.45) is 3.78. The minimum absolute atomic E-state index is 0.201. The molecule has 0 aliphatic rings. The Morgan fingerprint density at radius 2 is 1.82 bits per heavy atom. The lowest BCUT2D eigenvalue weighted by atomic mass is 10.0. The average molecular weight is 501 g/mol. The second kappa shape index (κ2) is 11.8. The van der Waals surface area contributed by atoms with Crippen molar-refractivity contribution in [2.24, 2.45) is 5.73 Å². The van der Waals surface area contributed by atoms with Crippen LogP contribution in [0.1, 0.15) is 22.4 Å². The van der Waals surface area contributed by atoms with Crippen LogP contribution in [0.5, 0.6) is 0 Å². The lowest BCUT2D eigenvalue weighted by molar-refractivity contribution is -0.129. The van der Waals surface area contributed by atoms with E-state index < -0.39 is 18.0 Å². The first-order chi connectivity index (χ1) is 16.2. The van der Waals surface area contributed by atoms with Crippen molar-refractivity contribution < 1.29 is 9.59 Å². The first kappa shape index (κ1) is 25.4. The van der Waals surface area contributed by atoms with Gasteiger partial charge in [-0.1, -0.05) is 41.4 Å². The summed E-state index contributed by atoms with van der Waals surface area (Å²) in [5, 5.41) is 6.39. The largest absolute Gasteiger partial charge is 0.384 e. The second-order valence-corrected chi connectivity index (χ2v) is 8.70. The number of pyridine rings is 2. The standard InChI is InChI=1S/C24H26Cl2N6O2/c1-14-17(5-7-22(28)31-14)13-30-24(34)21(11-15-4-6-18(25)19(26)9-15)32-23(33)20(27)10-16-3-2-8-29-12-16/h2-9,12,20-21H,10-11,13,27H2,1H3,(H2,28,31)(H,30,34)(H,32,33)/t20-,21+/m1/s1. The maximum atomic E-state index is 13.1. The highest BCUT2D eigenvalue weighted by Crippen LogP contribution is 2.23. The van der Waals surface area contributed by atoms with Gasteiger partial charge in [-0.3, -0.25) is 14.6 Å². The van der Waals surface area contributed by atoms with E-state index >= 15 is 0 Å². The molecule has 2 aromatic heterocycles. The summed E-state index contributed by atoms with van der Waals surface area (Å²) in [6.45, 7) is 2.04. The topological polar surface area (TPSA) is 136 Å². The number of amides is 2. The number of hydrogen-bond donors (Lipinski definition) is 4. The Morgan fingerprint density at radius 1 is 1.03 bits per heavy atom. The number of nitrogens with one attached hydrogen (secondary N) is 2. The number of carbonyl (C=O) groups is 2. The maximum absolute atomic E-state index is 13.1. The highest BCUT2D eigenvalue weighted by atomic mass is 35.5. The number of hydrogen-bond acceptors (Lipinski definition) is 6. The van der Waals surface area contributed by atoms with Crippen LogP contribution in [0, 0.1) is 6.92 Å². The number of benzene rings is 1. The Balaban J connectivity index is 1.72. The molecular formula is C24H26Cl2N6O2. The van der Waals surface area contributed by atoms with E-state index in [2.05, 4.69) is 20.6 Å². The molecule has 2 atom stereocenters. The summed E-state index contributed by atoms with van der Waals surface area (Å²) in [5.74, 6) is -0.418. The van der Waals surface area contributed by atoms with Gasteiger partial charge in [0.2, 0.25) is 11.8 Å². The van der Waals surface area contributed by atoms with Crippen molar-refractivity contribution in [1.82, 2.24) is 20.6 Å². The van der Waals surface area contributed by atoms with Gasteiger partial charge in [0.25, 0.3) is 0 Å². The third-order valence-corrected chi connectivity index (χ3v) is 5.98. The summed E-state index contributed by atoms with van der Waals surface area (Å²) >= 11 is 12.1. The molecule has 0 spiro atoms. The van der Waals surface area contributed by atoms with Gasteiger partial charge in [-0.15, -0.1) is 0 Å². The van der Waals surface area contributed by atoms with Crippen LogP contribution < -0.4 is 22.1 Å². The van der Waals surface area contributed by atoms with E-state index in [-0.39, 0.29) is 25.3 Å². The lowest BCUT2D eigenvalue weighted by Gasteiger charge is -2.21. The van der Waals surface area contributed by atoms with Crippen LogP contribution in [-0.2, 0) is 29.0 Å². The minimum Gasteiger partial charge on any atom is -0.384 e. The van der Waals surface area contributed by atoms with Crippen molar-refractivity contribution in [3.05, 3.63) is 87.3 Å². The lowest BCUT2D eigenvalue weighted by Crippen LogP contribution is -2.53. The quantitative estimate of drug-likeness (QED) is 0.356. The smallest absolute Gasteiger partial charge is 0.243 e. The molecule has 0 bridgehead atoms. The van der Waals surface area contributed by atoms with Crippen LogP contribution >= 0.6 is 23.2 Å². The molecule has 0 radical (unpaired) electrons. The molecule has 0 saturated heterocycles. The highest BCUT2D eigenvalue weighted by molar-refractivity contribution is 6.42. The summed E-state index contributed by atoms with van der Waals surface area (Å²) in [5.41, 5.74) is 14.9. The molecule has 8 nitrogen and oxygen atoms in total. The molecule has 2 heterocycles. The summed E-state index contributed by atoms with van der Waals surface area (Å²) in [7, 11) is 0. The number of nitrogens with two attached hydrogens (primary N) is 2. The highest BCUT2D eigenvalue weighted by Gasteiger charge is 2.25. The number of rotatable bonds is 9. The van der Waals surface area contributed by atoms with E-state index in [1.54, 1.807) is 48.8 Å². The summed E-state index contributed by atoms with van der Waals surface area (Å²) in [6, 6.07) is 10.4. The maximum Gasteiger partial charge on any atom is 0.243 e. The molecular weight excluding hydrogens is 475 g/mol. The van der Waals surface area contributed by atoms with Crippen LogP contribution in [0.3, 0.4) is 0 Å². The van der Waals surface area contributed by atoms with Gasteiger partial charge in [0, 0.05) is 31.1 Å². The van der Waals surface area contributed by atoms with Crippen molar-refractivity contribution in [2.45, 2.75) is 38.4 Å². The molecule has 0 saturated carbocycles. The Hall–Kier alpha value is -3.20. The molecule has 0 aliphatic heterocycles. The molecule has 10 heteroatoms. The Kier molecular flexibility index (Phi) is 8.81. The van der Waals surface area contributed by atoms with E-state index in [1.165, 1.54) is 0 Å². The van der Waals surface area contributed by atoms with Crippen LogP contribution in [0.15, 0.2) is 54.9 Å². The Bertz CT molecular complexity index is 1160. The fraction of sp³-hybridized carbons (Fsp3) is 0.250. The van der Waals surface area contributed by atoms with Gasteiger partial charge in [-0.25, -0.2) is 4.98 Å². The summed E-state index contributed by atoms with van der Waals surface area (Å²) in [4.78, 5) is 34.2. The molecule has 2 amide bonds. The SMILES string of the molecule is Cc1nc(N)ccc1CNC(=O)[C@H](Cc1ccc(Cl)c(Cl)c1)NC(=O)[C@H](N)Cc1cccnc1. The van der Waals surface area contributed by atoms with Gasteiger partial charge in [-0.05, 0) is 54.3 Å². The van der Waals surface area contributed by atoms with Crippen molar-refractivity contribution >= 4 is 40.8 Å². The predicted octanol–water partition coefficient (Wildman–Crippen LogP) is 2.59. The number of aryl methyl sites for hydroxylation is 1. The zero-order chi connectivity index (χ0) is 24.7. The average Bonchev–Trinajstić information content (AvgIpc) is 2.80. The normalized spacial score (nSPS) is 12.6. The minimum atomic E-state index is -0.883. The number of nitrogen functional groups attached to an aromatic ring is 1. The molecule has 6 N–H and O–H groups in total.